The van der Waals surface area contributed by atoms with Gasteiger partial charge >= 0.3 is 5.97 Å². The molecule has 0 spiro atoms. The van der Waals surface area contributed by atoms with E-state index < -0.39 is 5.54 Å². The summed E-state index contributed by atoms with van der Waals surface area (Å²) in [6.07, 6.45) is 0.799. The van der Waals surface area contributed by atoms with Gasteiger partial charge in [0, 0.05) is 0 Å². The number of likely N-dealkylation sites (N-methyl/N-ethyl adjacent to an activating group) is 1. The largest absolute Gasteiger partial charge is 0.468 e. The van der Waals surface area contributed by atoms with Gasteiger partial charge in [0.05, 0.1) is 7.11 Å². The number of rotatable bonds is 5. The first kappa shape index (κ1) is 12.4. The van der Waals surface area contributed by atoms with E-state index in [2.05, 4.69) is 19.2 Å². The minimum Gasteiger partial charge on any atom is -0.468 e. The summed E-state index contributed by atoms with van der Waals surface area (Å²) < 4.78 is 4.77. The fourth-order valence-electron chi connectivity index (χ4n) is 1.66. The van der Waals surface area contributed by atoms with E-state index in [1.807, 2.05) is 13.8 Å². The predicted molar refractivity (Wildman–Crippen MR) is 53.6 cm³/mol. The first-order valence-corrected chi connectivity index (χ1v) is 4.79. The van der Waals surface area contributed by atoms with Crippen LogP contribution in [0.15, 0.2) is 0 Å². The lowest BCUT2D eigenvalue weighted by Crippen LogP contribution is -2.50. The molecule has 0 aliphatic rings. The van der Waals surface area contributed by atoms with E-state index >= 15 is 0 Å². The van der Waals surface area contributed by atoms with Crippen LogP contribution in [0.3, 0.4) is 0 Å². The van der Waals surface area contributed by atoms with Crippen LogP contribution in [0.2, 0.25) is 0 Å². The molecule has 0 rings (SSSR count). The Morgan fingerprint density at radius 2 is 2.08 bits per heavy atom. The molecule has 0 saturated heterocycles. The highest BCUT2D eigenvalue weighted by molar-refractivity contribution is 5.80. The molecular weight excluding hydrogens is 166 g/mol. The average molecular weight is 187 g/mol. The second-order valence-corrected chi connectivity index (χ2v) is 3.95. The molecule has 0 fully saturated rings. The Morgan fingerprint density at radius 1 is 1.54 bits per heavy atom. The van der Waals surface area contributed by atoms with Gasteiger partial charge in [0.1, 0.15) is 5.54 Å². The van der Waals surface area contributed by atoms with Crippen molar-refractivity contribution in [3.8, 4) is 0 Å². The lowest BCUT2D eigenvalue weighted by Gasteiger charge is -2.29. The predicted octanol–water partition coefficient (Wildman–Crippen LogP) is 1.57. The number of hydrogen-bond acceptors (Lipinski definition) is 3. The minimum absolute atomic E-state index is 0.178. The van der Waals surface area contributed by atoms with E-state index in [1.165, 1.54) is 7.11 Å². The van der Waals surface area contributed by atoms with Crippen molar-refractivity contribution in [3.63, 3.8) is 0 Å². The van der Waals surface area contributed by atoms with E-state index in [0.29, 0.717) is 5.92 Å². The molecule has 0 bridgehead atoms. The molecule has 0 saturated carbocycles. The van der Waals surface area contributed by atoms with Crippen LogP contribution in [0.4, 0.5) is 0 Å². The molecule has 1 unspecified atom stereocenters. The van der Waals surface area contributed by atoms with Crippen LogP contribution in [0.1, 0.15) is 34.1 Å². The van der Waals surface area contributed by atoms with Gasteiger partial charge in [0.2, 0.25) is 0 Å². The average Bonchev–Trinajstić information content (AvgIpc) is 2.02. The van der Waals surface area contributed by atoms with E-state index in [4.69, 9.17) is 4.74 Å². The monoisotopic (exact) mass is 187 g/mol. The van der Waals surface area contributed by atoms with Crippen molar-refractivity contribution in [1.29, 1.82) is 0 Å². The van der Waals surface area contributed by atoms with E-state index in [0.717, 1.165) is 13.0 Å². The van der Waals surface area contributed by atoms with Crippen LogP contribution in [0, 0.1) is 5.92 Å². The molecule has 1 N–H and O–H groups in total. The third kappa shape index (κ3) is 3.77. The Bertz CT molecular complexity index is 168. The smallest absolute Gasteiger partial charge is 0.325 e. The van der Waals surface area contributed by atoms with Crippen LogP contribution >= 0.6 is 0 Å². The van der Waals surface area contributed by atoms with Gasteiger partial charge < -0.3 is 10.1 Å². The van der Waals surface area contributed by atoms with E-state index in [1.54, 1.807) is 0 Å². The molecule has 1 atom stereocenters. The SMILES string of the molecule is CCNC(C)(CC(C)C)C(=O)OC. The van der Waals surface area contributed by atoms with Crippen molar-refractivity contribution in [2.45, 2.75) is 39.7 Å². The Morgan fingerprint density at radius 3 is 2.38 bits per heavy atom. The number of hydrogen-bond donors (Lipinski definition) is 1. The van der Waals surface area contributed by atoms with Gasteiger partial charge in [-0.05, 0) is 25.8 Å². The van der Waals surface area contributed by atoms with Gasteiger partial charge in [-0.25, -0.2) is 0 Å². The lowest BCUT2D eigenvalue weighted by atomic mass is 9.91. The molecule has 3 heteroatoms. The highest BCUT2D eigenvalue weighted by Gasteiger charge is 2.33. The highest BCUT2D eigenvalue weighted by Crippen LogP contribution is 2.17. The molecule has 0 aromatic heterocycles. The van der Waals surface area contributed by atoms with Gasteiger partial charge in [-0.2, -0.15) is 0 Å². The number of nitrogens with one attached hydrogen (secondary N) is 1. The zero-order valence-electron chi connectivity index (χ0n) is 9.31. The maximum atomic E-state index is 11.5. The maximum absolute atomic E-state index is 11.5. The molecule has 0 radical (unpaired) electrons. The molecule has 0 amide bonds. The van der Waals surface area contributed by atoms with E-state index in [9.17, 15) is 4.79 Å². The van der Waals surface area contributed by atoms with Gasteiger partial charge in [0.25, 0.3) is 0 Å². The van der Waals surface area contributed by atoms with Crippen LogP contribution in [0.5, 0.6) is 0 Å². The summed E-state index contributed by atoms with van der Waals surface area (Å²) in [7, 11) is 1.43. The van der Waals surface area contributed by atoms with Crippen LogP contribution < -0.4 is 5.32 Å². The normalized spacial score (nSPS) is 15.5. The van der Waals surface area contributed by atoms with Crippen molar-refractivity contribution in [2.24, 2.45) is 5.92 Å². The first-order valence-electron chi connectivity index (χ1n) is 4.79. The summed E-state index contributed by atoms with van der Waals surface area (Å²) in [5.41, 5.74) is -0.530. The zero-order valence-corrected chi connectivity index (χ0v) is 9.31. The lowest BCUT2D eigenvalue weighted by molar-refractivity contribution is -0.148. The third-order valence-corrected chi connectivity index (χ3v) is 2.02. The van der Waals surface area contributed by atoms with Gasteiger partial charge in [-0.15, -0.1) is 0 Å². The van der Waals surface area contributed by atoms with Crippen molar-refractivity contribution >= 4 is 5.97 Å². The number of methoxy groups -OCH3 is 1. The summed E-state index contributed by atoms with van der Waals surface area (Å²) in [5, 5.41) is 3.17. The number of ether oxygens (including phenoxy) is 1. The summed E-state index contributed by atoms with van der Waals surface area (Å²) >= 11 is 0. The Hall–Kier alpha value is -0.570. The molecule has 13 heavy (non-hydrogen) atoms. The van der Waals surface area contributed by atoms with Gasteiger partial charge in [-0.1, -0.05) is 20.8 Å². The van der Waals surface area contributed by atoms with Crippen molar-refractivity contribution in [1.82, 2.24) is 5.32 Å². The third-order valence-electron chi connectivity index (χ3n) is 2.02. The second-order valence-electron chi connectivity index (χ2n) is 3.95. The summed E-state index contributed by atoms with van der Waals surface area (Å²) in [5.74, 6) is 0.297. The number of carbonyl (C=O) groups excluding carboxylic acids is 1. The number of carbonyl (C=O) groups is 1. The Kier molecular flexibility index (Phi) is 4.99. The Balaban J connectivity index is 4.41. The second kappa shape index (κ2) is 5.22. The molecule has 0 aromatic rings. The molecule has 3 nitrogen and oxygen atoms in total. The van der Waals surface area contributed by atoms with Crippen LogP contribution in [0.25, 0.3) is 0 Å². The van der Waals surface area contributed by atoms with Crippen molar-refractivity contribution < 1.29 is 9.53 Å². The minimum atomic E-state index is -0.530. The van der Waals surface area contributed by atoms with Crippen molar-refractivity contribution in [3.05, 3.63) is 0 Å². The van der Waals surface area contributed by atoms with Crippen LogP contribution in [-0.4, -0.2) is 25.2 Å². The quantitative estimate of drug-likeness (QED) is 0.664. The van der Waals surface area contributed by atoms with E-state index in [-0.39, 0.29) is 5.97 Å². The molecule has 0 heterocycles. The summed E-state index contributed by atoms with van der Waals surface area (Å²) in [4.78, 5) is 11.5. The zero-order chi connectivity index (χ0) is 10.5. The first-order chi connectivity index (χ1) is 5.96. The number of esters is 1. The highest BCUT2D eigenvalue weighted by atomic mass is 16.5. The fraction of sp³-hybridized carbons (Fsp3) is 0.900. The maximum Gasteiger partial charge on any atom is 0.325 e. The molecule has 78 valence electrons. The van der Waals surface area contributed by atoms with Crippen molar-refractivity contribution in [2.75, 3.05) is 13.7 Å². The molecule has 0 aliphatic carbocycles. The summed E-state index contributed by atoms with van der Waals surface area (Å²) in [6, 6.07) is 0. The molecular formula is C10H21NO2. The van der Waals surface area contributed by atoms with Gasteiger partial charge in [-0.3, -0.25) is 4.79 Å². The molecule has 0 aliphatic heterocycles. The fourth-order valence-corrected chi connectivity index (χ4v) is 1.66. The van der Waals surface area contributed by atoms with Gasteiger partial charge in [0.15, 0.2) is 0 Å². The standard InChI is InChI=1S/C10H21NO2/c1-6-11-10(4,7-8(2)3)9(12)13-5/h8,11H,6-7H2,1-5H3. The van der Waals surface area contributed by atoms with Crippen LogP contribution in [-0.2, 0) is 9.53 Å². The molecule has 0 aromatic carbocycles. The Labute approximate surface area is 80.8 Å². The summed E-state index contributed by atoms with van der Waals surface area (Å²) in [6.45, 7) is 8.85. The topological polar surface area (TPSA) is 38.3 Å².